The Hall–Kier alpha value is -2.93. The fourth-order valence-corrected chi connectivity index (χ4v) is 3.31. The zero-order valence-corrected chi connectivity index (χ0v) is 20.1. The van der Waals surface area contributed by atoms with Crippen LogP contribution in [0, 0.1) is 5.92 Å². The van der Waals surface area contributed by atoms with Crippen molar-refractivity contribution in [3.63, 3.8) is 0 Å². The molecule has 0 bridgehead atoms. The second kappa shape index (κ2) is 12.8. The van der Waals surface area contributed by atoms with Crippen molar-refractivity contribution in [1.29, 1.82) is 0 Å². The first-order chi connectivity index (χ1) is 15.3. The van der Waals surface area contributed by atoms with Gasteiger partial charge in [0.15, 0.2) is 5.11 Å². The van der Waals surface area contributed by atoms with Crippen LogP contribution in [0.1, 0.15) is 61.3 Å². The van der Waals surface area contributed by atoms with Gasteiger partial charge in [0.2, 0.25) is 0 Å². The largest absolute Gasteiger partial charge is 0.492 e. The van der Waals surface area contributed by atoms with Gasteiger partial charge in [-0.1, -0.05) is 39.8 Å². The highest BCUT2D eigenvalue weighted by atomic mass is 32.1. The van der Waals surface area contributed by atoms with Crippen LogP contribution in [0.3, 0.4) is 0 Å². The van der Waals surface area contributed by atoms with Gasteiger partial charge in [0.05, 0.1) is 12.2 Å². The maximum Gasteiger partial charge on any atom is 0.261 e. The average Bonchev–Trinajstić information content (AvgIpc) is 2.77. The molecule has 0 unspecified atom stereocenters. The number of anilines is 1. The van der Waals surface area contributed by atoms with Crippen LogP contribution >= 0.6 is 12.2 Å². The lowest BCUT2D eigenvalue weighted by molar-refractivity contribution is 0.0755. The number of ether oxygens (including phenoxy) is 1. The summed E-state index contributed by atoms with van der Waals surface area (Å²) in [7, 11) is 0. The van der Waals surface area contributed by atoms with Gasteiger partial charge in [-0.15, -0.1) is 0 Å². The summed E-state index contributed by atoms with van der Waals surface area (Å²) in [6.07, 6.45) is 1.84. The van der Waals surface area contributed by atoms with Crippen molar-refractivity contribution in [3.05, 3.63) is 59.7 Å². The molecule has 0 spiro atoms. The number of para-hydroxylation sites is 1. The summed E-state index contributed by atoms with van der Waals surface area (Å²) < 4.78 is 5.75. The first-order valence-corrected chi connectivity index (χ1v) is 11.5. The lowest BCUT2D eigenvalue weighted by Gasteiger charge is -2.21. The lowest BCUT2D eigenvalue weighted by atomic mass is 10.1. The Balaban J connectivity index is 1.99. The van der Waals surface area contributed by atoms with Crippen molar-refractivity contribution < 1.29 is 14.3 Å². The molecule has 2 amide bonds. The third-order valence-corrected chi connectivity index (χ3v) is 4.80. The molecule has 0 aliphatic rings. The summed E-state index contributed by atoms with van der Waals surface area (Å²) in [6, 6.07) is 14.2. The summed E-state index contributed by atoms with van der Waals surface area (Å²) >= 11 is 5.30. The molecule has 0 radical (unpaired) electrons. The second-order valence-corrected chi connectivity index (χ2v) is 8.39. The number of thiocarbonyl (C=S) groups is 1. The van der Waals surface area contributed by atoms with E-state index in [-0.39, 0.29) is 16.9 Å². The van der Waals surface area contributed by atoms with E-state index >= 15 is 0 Å². The van der Waals surface area contributed by atoms with Gasteiger partial charge < -0.3 is 15.0 Å². The van der Waals surface area contributed by atoms with E-state index in [9.17, 15) is 9.59 Å². The van der Waals surface area contributed by atoms with Crippen molar-refractivity contribution in [1.82, 2.24) is 10.2 Å². The maximum atomic E-state index is 12.7. The van der Waals surface area contributed by atoms with Gasteiger partial charge >= 0.3 is 0 Å². The maximum absolute atomic E-state index is 12.7. The minimum atomic E-state index is -0.344. The monoisotopic (exact) mass is 455 g/mol. The molecule has 2 rings (SSSR count). The first-order valence-electron chi connectivity index (χ1n) is 11.1. The molecule has 7 heteroatoms. The van der Waals surface area contributed by atoms with E-state index in [4.69, 9.17) is 17.0 Å². The van der Waals surface area contributed by atoms with Crippen LogP contribution < -0.4 is 15.4 Å². The Kier molecular flexibility index (Phi) is 10.1. The Morgan fingerprint density at radius 3 is 2.22 bits per heavy atom. The molecule has 0 saturated heterocycles. The number of hydrogen-bond donors (Lipinski definition) is 2. The Bertz CT molecular complexity index is 907. The number of rotatable bonds is 10. The number of benzene rings is 2. The highest BCUT2D eigenvalue weighted by Crippen LogP contribution is 2.19. The summed E-state index contributed by atoms with van der Waals surface area (Å²) in [6.45, 7) is 10.2. The summed E-state index contributed by atoms with van der Waals surface area (Å²) in [4.78, 5) is 27.2. The van der Waals surface area contributed by atoms with Crippen LogP contribution in [0.15, 0.2) is 48.5 Å². The molecule has 172 valence electrons. The van der Waals surface area contributed by atoms with Crippen LogP contribution in [0.5, 0.6) is 5.75 Å². The zero-order chi connectivity index (χ0) is 23.5. The van der Waals surface area contributed by atoms with E-state index < -0.39 is 0 Å². The molecule has 2 N–H and O–H groups in total. The van der Waals surface area contributed by atoms with Gasteiger partial charge in [0, 0.05) is 24.3 Å². The van der Waals surface area contributed by atoms with E-state index in [1.54, 1.807) is 42.5 Å². The van der Waals surface area contributed by atoms with E-state index in [0.717, 1.165) is 25.9 Å². The smallest absolute Gasteiger partial charge is 0.261 e. The van der Waals surface area contributed by atoms with Crippen LogP contribution in [-0.2, 0) is 0 Å². The molecule has 0 atom stereocenters. The van der Waals surface area contributed by atoms with Crippen molar-refractivity contribution in [3.8, 4) is 5.75 Å². The van der Waals surface area contributed by atoms with Crippen LogP contribution in [0.25, 0.3) is 0 Å². The van der Waals surface area contributed by atoms with Crippen molar-refractivity contribution >= 4 is 34.8 Å². The molecule has 32 heavy (non-hydrogen) atoms. The SMILES string of the molecule is CCCN(CCC)C(=O)c1ccc(NC(=S)NC(=O)c2ccccc2OCC(C)C)cc1. The van der Waals surface area contributed by atoms with Gasteiger partial charge in [-0.3, -0.25) is 14.9 Å². The molecule has 0 aliphatic carbocycles. The molecule has 2 aromatic rings. The van der Waals surface area contributed by atoms with Crippen molar-refractivity contribution in [2.24, 2.45) is 5.92 Å². The molecule has 2 aromatic carbocycles. The molecule has 0 aliphatic heterocycles. The second-order valence-electron chi connectivity index (χ2n) is 7.98. The number of nitrogens with zero attached hydrogens (tertiary/aromatic N) is 1. The van der Waals surface area contributed by atoms with E-state index in [0.29, 0.717) is 35.1 Å². The Morgan fingerprint density at radius 2 is 1.62 bits per heavy atom. The number of carbonyl (C=O) groups excluding carboxylic acids is 2. The molecule has 0 saturated carbocycles. The van der Waals surface area contributed by atoms with Crippen molar-refractivity contribution in [2.75, 3.05) is 25.0 Å². The molecule has 0 aromatic heterocycles. The number of hydrogen-bond acceptors (Lipinski definition) is 4. The predicted molar refractivity (Wildman–Crippen MR) is 133 cm³/mol. The van der Waals surface area contributed by atoms with Gasteiger partial charge in [0.1, 0.15) is 5.75 Å². The van der Waals surface area contributed by atoms with Crippen LogP contribution in [-0.4, -0.2) is 41.5 Å². The normalized spacial score (nSPS) is 10.5. The Labute approximate surface area is 196 Å². The summed E-state index contributed by atoms with van der Waals surface area (Å²) in [5.74, 6) is 0.547. The van der Waals surface area contributed by atoms with Gasteiger partial charge in [0.25, 0.3) is 11.8 Å². The zero-order valence-electron chi connectivity index (χ0n) is 19.3. The van der Waals surface area contributed by atoms with Crippen molar-refractivity contribution in [2.45, 2.75) is 40.5 Å². The predicted octanol–water partition coefficient (Wildman–Crippen LogP) is 5.11. The molecular formula is C25H33N3O3S. The third kappa shape index (κ3) is 7.64. The average molecular weight is 456 g/mol. The summed E-state index contributed by atoms with van der Waals surface area (Å²) in [5, 5.41) is 5.85. The summed E-state index contributed by atoms with van der Waals surface area (Å²) in [5.41, 5.74) is 1.74. The fraction of sp³-hybridized carbons (Fsp3) is 0.400. The highest BCUT2D eigenvalue weighted by Gasteiger charge is 2.16. The molecular weight excluding hydrogens is 422 g/mol. The standard InChI is InChI=1S/C25H33N3O3S/c1-5-15-28(16-6-2)24(30)19-11-13-20(14-12-19)26-25(32)27-23(29)21-9-7-8-10-22(21)31-17-18(3)4/h7-14,18H,5-6,15-17H2,1-4H3,(H2,26,27,29,32). The van der Waals surface area contributed by atoms with Crippen LogP contribution in [0.4, 0.5) is 5.69 Å². The number of nitrogens with one attached hydrogen (secondary N) is 2. The van der Waals surface area contributed by atoms with Gasteiger partial charge in [-0.05, 0) is 67.4 Å². The quantitative estimate of drug-likeness (QED) is 0.487. The topological polar surface area (TPSA) is 70.7 Å². The minimum Gasteiger partial charge on any atom is -0.492 e. The fourth-order valence-electron chi connectivity index (χ4n) is 3.10. The van der Waals surface area contributed by atoms with E-state index in [1.165, 1.54) is 0 Å². The van der Waals surface area contributed by atoms with E-state index in [1.807, 2.05) is 24.8 Å². The third-order valence-electron chi connectivity index (χ3n) is 4.59. The van der Waals surface area contributed by atoms with Gasteiger partial charge in [-0.25, -0.2) is 0 Å². The molecule has 6 nitrogen and oxygen atoms in total. The number of carbonyl (C=O) groups is 2. The number of amides is 2. The van der Waals surface area contributed by atoms with Gasteiger partial charge in [-0.2, -0.15) is 0 Å². The first kappa shape index (κ1) is 25.3. The highest BCUT2D eigenvalue weighted by molar-refractivity contribution is 7.80. The lowest BCUT2D eigenvalue weighted by Crippen LogP contribution is -2.34. The minimum absolute atomic E-state index is 0.0223. The molecule has 0 heterocycles. The van der Waals surface area contributed by atoms with Crippen LogP contribution in [0.2, 0.25) is 0 Å². The Morgan fingerprint density at radius 1 is 1.00 bits per heavy atom. The molecule has 0 fully saturated rings. The van der Waals surface area contributed by atoms with E-state index in [2.05, 4.69) is 24.5 Å².